The van der Waals surface area contributed by atoms with Gasteiger partial charge in [-0.15, -0.1) is 11.3 Å². The molecule has 0 bridgehead atoms. The lowest BCUT2D eigenvalue weighted by Gasteiger charge is -2.08. The van der Waals surface area contributed by atoms with Crippen LogP contribution in [-0.4, -0.2) is 41.5 Å². The maximum Gasteiger partial charge on any atom is 0.341 e. The van der Waals surface area contributed by atoms with Crippen molar-refractivity contribution in [3.05, 3.63) is 56.4 Å². The molecule has 10 heteroatoms. The Bertz CT molecular complexity index is 1300. The Kier molecular flexibility index (Phi) is 7.36. The van der Waals surface area contributed by atoms with Gasteiger partial charge < -0.3 is 19.8 Å². The van der Waals surface area contributed by atoms with Gasteiger partial charge in [0.2, 0.25) is 0 Å². The third kappa shape index (κ3) is 5.33. The number of H-pyrrole nitrogens is 1. The van der Waals surface area contributed by atoms with Crippen molar-refractivity contribution < 1.29 is 23.9 Å². The van der Waals surface area contributed by atoms with Crippen molar-refractivity contribution in [1.82, 2.24) is 9.97 Å². The number of hydrogen-bond acceptors (Lipinski definition) is 8. The van der Waals surface area contributed by atoms with E-state index in [1.807, 2.05) is 0 Å². The second kappa shape index (κ2) is 10.6. The van der Waals surface area contributed by atoms with Crippen LogP contribution in [-0.2, 0) is 38.3 Å². The number of benzene rings is 1. The van der Waals surface area contributed by atoms with E-state index in [4.69, 9.17) is 9.47 Å². The zero-order valence-electron chi connectivity index (χ0n) is 18.8. The molecule has 0 aliphatic heterocycles. The van der Waals surface area contributed by atoms with Gasteiger partial charge >= 0.3 is 11.9 Å². The fourth-order valence-electron chi connectivity index (χ4n) is 4.00. The highest BCUT2D eigenvalue weighted by atomic mass is 32.1. The number of thiophene rings is 1. The van der Waals surface area contributed by atoms with Crippen LogP contribution >= 0.6 is 11.3 Å². The SMILES string of the molecule is COC(=O)c1c(NC(=O)COC(=O)CCc2nc3ccccc3c(=O)[nH]2)sc2c1CCCCC2. The highest BCUT2D eigenvalue weighted by Gasteiger charge is 2.26. The number of carbonyl (C=O) groups excluding carboxylic acids is 3. The van der Waals surface area contributed by atoms with E-state index in [-0.39, 0.29) is 18.4 Å². The second-order valence-corrected chi connectivity index (χ2v) is 9.10. The number of hydrogen-bond donors (Lipinski definition) is 2. The molecule has 2 aromatic heterocycles. The molecule has 0 radical (unpaired) electrons. The smallest absolute Gasteiger partial charge is 0.341 e. The lowest BCUT2D eigenvalue weighted by molar-refractivity contribution is -0.147. The van der Waals surface area contributed by atoms with Crippen LogP contribution in [0.2, 0.25) is 0 Å². The van der Waals surface area contributed by atoms with Crippen LogP contribution < -0.4 is 10.9 Å². The van der Waals surface area contributed by atoms with Crippen molar-refractivity contribution in [2.45, 2.75) is 44.9 Å². The molecule has 0 spiro atoms. The summed E-state index contributed by atoms with van der Waals surface area (Å²) in [6.45, 7) is -0.482. The maximum absolute atomic E-state index is 12.4. The minimum atomic E-state index is -0.596. The van der Waals surface area contributed by atoms with Crippen LogP contribution in [0.3, 0.4) is 0 Å². The number of nitrogens with zero attached hydrogens (tertiary/aromatic N) is 1. The standard InChI is InChI=1S/C24H25N3O6S/c1-32-24(31)21-15-8-3-2-4-10-17(15)34-23(21)27-19(28)13-33-20(29)12-11-18-25-16-9-6-5-7-14(16)22(30)26-18/h5-7,9H,2-4,8,10-13H2,1H3,(H,27,28)(H,25,26,30). The van der Waals surface area contributed by atoms with Gasteiger partial charge in [0.15, 0.2) is 6.61 Å². The average Bonchev–Trinajstić information content (AvgIpc) is 3.00. The monoisotopic (exact) mass is 483 g/mol. The summed E-state index contributed by atoms with van der Waals surface area (Å²) < 4.78 is 10.0. The molecule has 34 heavy (non-hydrogen) atoms. The Morgan fingerprint density at radius 1 is 1.15 bits per heavy atom. The Morgan fingerprint density at radius 2 is 1.94 bits per heavy atom. The highest BCUT2D eigenvalue weighted by molar-refractivity contribution is 7.17. The molecule has 0 atom stereocenters. The van der Waals surface area contributed by atoms with Crippen molar-refractivity contribution in [3.63, 3.8) is 0 Å². The third-order valence-corrected chi connectivity index (χ3v) is 6.86. The van der Waals surface area contributed by atoms with Gasteiger partial charge in [0.25, 0.3) is 11.5 Å². The number of rotatable bonds is 7. The molecule has 3 aromatic rings. The Morgan fingerprint density at radius 3 is 2.76 bits per heavy atom. The summed E-state index contributed by atoms with van der Waals surface area (Å²) in [4.78, 5) is 57.2. The number of nitrogens with one attached hydrogen (secondary N) is 2. The maximum atomic E-state index is 12.4. The number of amides is 1. The van der Waals surface area contributed by atoms with Crippen LogP contribution in [0.25, 0.3) is 10.9 Å². The number of ether oxygens (including phenoxy) is 2. The topological polar surface area (TPSA) is 127 Å². The first-order valence-corrected chi connectivity index (χ1v) is 11.9. The van der Waals surface area contributed by atoms with Gasteiger partial charge in [0.1, 0.15) is 10.8 Å². The molecular formula is C24H25N3O6S. The van der Waals surface area contributed by atoms with Gasteiger partial charge in [-0.1, -0.05) is 18.6 Å². The van der Waals surface area contributed by atoms with Gasteiger partial charge in [-0.2, -0.15) is 0 Å². The fourth-order valence-corrected chi connectivity index (χ4v) is 5.30. The second-order valence-electron chi connectivity index (χ2n) is 8.00. The molecule has 1 amide bonds. The molecule has 0 fully saturated rings. The molecule has 9 nitrogen and oxygen atoms in total. The molecule has 2 N–H and O–H groups in total. The van der Waals surface area contributed by atoms with Gasteiger partial charge in [0.05, 0.1) is 30.0 Å². The number of aromatic nitrogens is 2. The van der Waals surface area contributed by atoms with E-state index >= 15 is 0 Å². The number of esters is 2. The number of aryl methyl sites for hydroxylation is 2. The van der Waals surface area contributed by atoms with Crippen molar-refractivity contribution in [2.24, 2.45) is 0 Å². The molecule has 2 heterocycles. The summed E-state index contributed by atoms with van der Waals surface area (Å²) in [5.74, 6) is -1.25. The summed E-state index contributed by atoms with van der Waals surface area (Å²) in [5.41, 5.74) is 1.61. The van der Waals surface area contributed by atoms with Gasteiger partial charge in [0, 0.05) is 11.3 Å². The van der Waals surface area contributed by atoms with E-state index in [2.05, 4.69) is 15.3 Å². The third-order valence-electron chi connectivity index (χ3n) is 5.66. The average molecular weight is 484 g/mol. The van der Waals surface area contributed by atoms with E-state index in [1.54, 1.807) is 24.3 Å². The van der Waals surface area contributed by atoms with E-state index in [1.165, 1.54) is 18.4 Å². The predicted molar refractivity (Wildman–Crippen MR) is 127 cm³/mol. The number of methoxy groups -OCH3 is 1. The summed E-state index contributed by atoms with van der Waals surface area (Å²) in [7, 11) is 1.31. The normalized spacial score (nSPS) is 13.1. The van der Waals surface area contributed by atoms with Crippen LogP contribution in [0.5, 0.6) is 0 Å². The van der Waals surface area contributed by atoms with E-state index in [0.29, 0.717) is 27.3 Å². The number of carbonyl (C=O) groups is 3. The molecule has 4 rings (SSSR count). The van der Waals surface area contributed by atoms with Crippen LogP contribution in [0, 0.1) is 0 Å². The van der Waals surface area contributed by atoms with E-state index in [0.717, 1.165) is 42.5 Å². The molecule has 1 aliphatic rings. The molecular weight excluding hydrogens is 458 g/mol. The first-order chi connectivity index (χ1) is 16.5. The molecule has 0 saturated heterocycles. The minimum absolute atomic E-state index is 0.0464. The Balaban J connectivity index is 1.34. The summed E-state index contributed by atoms with van der Waals surface area (Å²) in [5, 5.41) is 3.60. The first-order valence-electron chi connectivity index (χ1n) is 11.1. The van der Waals surface area contributed by atoms with Gasteiger partial charge in [-0.05, 0) is 43.4 Å². The van der Waals surface area contributed by atoms with Gasteiger partial charge in [-0.25, -0.2) is 9.78 Å². The van der Waals surface area contributed by atoms with Crippen LogP contribution in [0.15, 0.2) is 29.1 Å². The van der Waals surface area contributed by atoms with Crippen molar-refractivity contribution in [2.75, 3.05) is 19.0 Å². The highest BCUT2D eigenvalue weighted by Crippen LogP contribution is 2.37. The van der Waals surface area contributed by atoms with E-state index in [9.17, 15) is 19.2 Å². The lowest BCUT2D eigenvalue weighted by atomic mass is 10.1. The molecule has 1 aromatic carbocycles. The summed E-state index contributed by atoms with van der Waals surface area (Å²) in [6, 6.07) is 6.93. The van der Waals surface area contributed by atoms with Crippen molar-refractivity contribution in [3.8, 4) is 0 Å². The lowest BCUT2D eigenvalue weighted by Crippen LogP contribution is -2.22. The van der Waals surface area contributed by atoms with Crippen molar-refractivity contribution in [1.29, 1.82) is 0 Å². The fraction of sp³-hybridized carbons (Fsp3) is 0.375. The van der Waals surface area contributed by atoms with E-state index < -0.39 is 24.5 Å². The summed E-state index contributed by atoms with van der Waals surface area (Å²) in [6.07, 6.45) is 4.88. The molecule has 1 aliphatic carbocycles. The number of aromatic amines is 1. The summed E-state index contributed by atoms with van der Waals surface area (Å²) >= 11 is 1.38. The quantitative estimate of drug-likeness (QED) is 0.390. The van der Waals surface area contributed by atoms with Gasteiger partial charge in [-0.3, -0.25) is 14.4 Å². The Labute approximate surface area is 199 Å². The predicted octanol–water partition coefficient (Wildman–Crippen LogP) is 3.15. The zero-order valence-corrected chi connectivity index (χ0v) is 19.6. The molecule has 178 valence electrons. The largest absolute Gasteiger partial charge is 0.465 e. The molecule has 0 unspecified atom stereocenters. The number of fused-ring (bicyclic) bond motifs is 2. The number of para-hydroxylation sites is 1. The number of anilines is 1. The minimum Gasteiger partial charge on any atom is -0.465 e. The van der Waals surface area contributed by atoms with Crippen LogP contribution in [0.4, 0.5) is 5.00 Å². The molecule has 0 saturated carbocycles. The zero-order chi connectivity index (χ0) is 24.1. The Hall–Kier alpha value is -3.53. The van der Waals surface area contributed by atoms with Crippen LogP contribution in [0.1, 0.15) is 52.3 Å². The van der Waals surface area contributed by atoms with Crippen molar-refractivity contribution >= 4 is 45.1 Å². The first kappa shape index (κ1) is 23.6.